The summed E-state index contributed by atoms with van der Waals surface area (Å²) in [4.78, 5) is 41.9. The second-order valence-corrected chi connectivity index (χ2v) is 6.73. The number of carbonyl (C=O) groups is 2. The van der Waals surface area contributed by atoms with Gasteiger partial charge in [0.1, 0.15) is 18.2 Å². The van der Waals surface area contributed by atoms with Gasteiger partial charge < -0.3 is 9.72 Å². The number of halogens is 1. The highest BCUT2D eigenvalue weighted by Crippen LogP contribution is 2.29. The molecule has 1 aliphatic rings. The maximum atomic E-state index is 13.0. The Morgan fingerprint density at radius 3 is 2.65 bits per heavy atom. The predicted octanol–water partition coefficient (Wildman–Crippen LogP) is 3.62. The van der Waals surface area contributed by atoms with Crippen LogP contribution in [0.5, 0.6) is 0 Å². The van der Waals surface area contributed by atoms with Crippen molar-refractivity contribution in [2.45, 2.75) is 6.04 Å². The molecule has 130 valence electrons. The summed E-state index contributed by atoms with van der Waals surface area (Å²) in [6.45, 7) is 0.0611. The smallest absolute Gasteiger partial charge is 0.417 e. The minimum absolute atomic E-state index is 0.0611. The second kappa shape index (κ2) is 6.42. The number of benzene rings is 2. The lowest BCUT2D eigenvalue weighted by atomic mass is 10.1. The van der Waals surface area contributed by atoms with Crippen molar-refractivity contribution >= 4 is 38.8 Å². The Labute approximate surface area is 156 Å². The molecule has 1 aromatic heterocycles. The Balaban J connectivity index is 1.79. The summed E-state index contributed by atoms with van der Waals surface area (Å²) in [6.07, 6.45) is 0.586. The lowest BCUT2D eigenvalue weighted by molar-refractivity contribution is 0.0772. The average molecular weight is 413 g/mol. The maximum Gasteiger partial charge on any atom is 0.417 e. The number of rotatable bonds is 2. The molecule has 2 heterocycles. The SMILES string of the molecule is O=C1OCC(c2ccccc2)N1C(=O)c1c[nH]c2c(Br)cccc2c1=O. The van der Waals surface area contributed by atoms with E-state index in [1.54, 1.807) is 18.2 Å². The third-order valence-electron chi connectivity index (χ3n) is 4.37. The van der Waals surface area contributed by atoms with Gasteiger partial charge in [-0.2, -0.15) is 0 Å². The lowest BCUT2D eigenvalue weighted by Gasteiger charge is -2.19. The van der Waals surface area contributed by atoms with Crippen LogP contribution in [0, 0.1) is 0 Å². The van der Waals surface area contributed by atoms with Crippen LogP contribution < -0.4 is 5.43 Å². The first kappa shape index (κ1) is 16.5. The number of H-pyrrole nitrogens is 1. The number of aromatic amines is 1. The maximum absolute atomic E-state index is 13.0. The normalized spacial score (nSPS) is 16.7. The Hall–Kier alpha value is -2.93. The van der Waals surface area contributed by atoms with Gasteiger partial charge in [-0.3, -0.25) is 9.59 Å². The molecule has 0 aliphatic carbocycles. The third-order valence-corrected chi connectivity index (χ3v) is 5.03. The van der Waals surface area contributed by atoms with Gasteiger partial charge in [0.05, 0.1) is 5.52 Å². The molecule has 7 heteroatoms. The molecule has 0 saturated carbocycles. The van der Waals surface area contributed by atoms with Crippen molar-refractivity contribution in [3.05, 3.63) is 80.6 Å². The summed E-state index contributed by atoms with van der Waals surface area (Å²) < 4.78 is 5.78. The van der Waals surface area contributed by atoms with Crippen molar-refractivity contribution < 1.29 is 14.3 Å². The number of aromatic nitrogens is 1. The molecule has 1 N–H and O–H groups in total. The van der Waals surface area contributed by atoms with Crippen molar-refractivity contribution in [1.82, 2.24) is 9.88 Å². The van der Waals surface area contributed by atoms with E-state index in [0.29, 0.717) is 15.4 Å². The number of hydrogen-bond acceptors (Lipinski definition) is 4. The van der Waals surface area contributed by atoms with Crippen LogP contribution in [0.3, 0.4) is 0 Å². The molecule has 4 rings (SSSR count). The first-order chi connectivity index (χ1) is 12.6. The fourth-order valence-corrected chi connectivity index (χ4v) is 3.55. The minimum atomic E-state index is -0.752. The van der Waals surface area contributed by atoms with E-state index in [9.17, 15) is 14.4 Å². The number of nitrogens with zero attached hydrogens (tertiary/aromatic N) is 1. The number of fused-ring (bicyclic) bond motifs is 1. The van der Waals surface area contributed by atoms with Gasteiger partial charge in [-0.1, -0.05) is 36.4 Å². The molecule has 3 aromatic rings. The van der Waals surface area contributed by atoms with E-state index in [1.807, 2.05) is 30.3 Å². The molecule has 2 aromatic carbocycles. The quantitative estimate of drug-likeness (QED) is 0.696. The van der Waals surface area contributed by atoms with Crippen molar-refractivity contribution in [2.24, 2.45) is 0 Å². The van der Waals surface area contributed by atoms with Crippen LogP contribution in [0.1, 0.15) is 22.0 Å². The Bertz CT molecular complexity index is 1080. The first-order valence-corrected chi connectivity index (χ1v) is 8.72. The van der Waals surface area contributed by atoms with Gasteiger partial charge in [-0.15, -0.1) is 0 Å². The van der Waals surface area contributed by atoms with Crippen LogP contribution in [-0.2, 0) is 4.74 Å². The Morgan fingerprint density at radius 1 is 1.12 bits per heavy atom. The number of para-hydroxylation sites is 1. The molecule has 1 saturated heterocycles. The fourth-order valence-electron chi connectivity index (χ4n) is 3.07. The Kier molecular flexibility index (Phi) is 4.08. The summed E-state index contributed by atoms with van der Waals surface area (Å²) in [5.41, 5.74) is 0.830. The van der Waals surface area contributed by atoms with E-state index in [2.05, 4.69) is 20.9 Å². The summed E-state index contributed by atoms with van der Waals surface area (Å²) in [7, 11) is 0. The van der Waals surface area contributed by atoms with Gasteiger partial charge in [-0.05, 0) is 33.6 Å². The summed E-state index contributed by atoms with van der Waals surface area (Å²) in [5.74, 6) is -0.676. The number of cyclic esters (lactones) is 1. The van der Waals surface area contributed by atoms with E-state index in [1.165, 1.54) is 6.20 Å². The molecule has 6 nitrogen and oxygen atoms in total. The largest absolute Gasteiger partial charge is 0.446 e. The number of nitrogens with one attached hydrogen (secondary N) is 1. The van der Waals surface area contributed by atoms with E-state index in [0.717, 1.165) is 10.5 Å². The van der Waals surface area contributed by atoms with Crippen LogP contribution >= 0.6 is 15.9 Å². The summed E-state index contributed by atoms with van der Waals surface area (Å²) in [6, 6.07) is 13.7. The lowest BCUT2D eigenvalue weighted by Crippen LogP contribution is -2.37. The minimum Gasteiger partial charge on any atom is -0.446 e. The zero-order valence-corrected chi connectivity index (χ0v) is 15.0. The average Bonchev–Trinajstić information content (AvgIpc) is 3.04. The van der Waals surface area contributed by atoms with Crippen molar-refractivity contribution in [2.75, 3.05) is 6.61 Å². The van der Waals surface area contributed by atoms with Crippen LogP contribution in [0.2, 0.25) is 0 Å². The zero-order chi connectivity index (χ0) is 18.3. The molecular weight excluding hydrogens is 400 g/mol. The molecule has 0 bridgehead atoms. The molecule has 1 aliphatic heterocycles. The first-order valence-electron chi connectivity index (χ1n) is 7.93. The van der Waals surface area contributed by atoms with Crippen LogP contribution in [0.25, 0.3) is 10.9 Å². The van der Waals surface area contributed by atoms with E-state index in [4.69, 9.17) is 4.74 Å². The second-order valence-electron chi connectivity index (χ2n) is 5.87. The number of pyridine rings is 1. The van der Waals surface area contributed by atoms with Crippen LogP contribution in [-0.4, -0.2) is 28.5 Å². The standard InChI is InChI=1S/C19H13BrN2O4/c20-14-8-4-7-12-16(14)21-9-13(17(12)23)18(24)22-15(10-26-19(22)25)11-5-2-1-3-6-11/h1-9,15H,10H2,(H,21,23). The number of carbonyl (C=O) groups excluding carboxylic acids is 2. The zero-order valence-electron chi connectivity index (χ0n) is 13.4. The van der Waals surface area contributed by atoms with Crippen molar-refractivity contribution in [1.29, 1.82) is 0 Å². The summed E-state index contributed by atoms with van der Waals surface area (Å²) in [5, 5.41) is 0.369. The highest BCUT2D eigenvalue weighted by atomic mass is 79.9. The molecular formula is C19H13BrN2O4. The van der Waals surface area contributed by atoms with Crippen molar-refractivity contribution in [3.63, 3.8) is 0 Å². The van der Waals surface area contributed by atoms with Gasteiger partial charge in [-0.25, -0.2) is 9.69 Å². The van der Waals surface area contributed by atoms with Gasteiger partial charge in [0, 0.05) is 16.1 Å². The molecule has 0 radical (unpaired) electrons. The van der Waals surface area contributed by atoms with E-state index in [-0.39, 0.29) is 12.2 Å². The number of hydrogen-bond donors (Lipinski definition) is 1. The van der Waals surface area contributed by atoms with Gasteiger partial charge in [0.25, 0.3) is 5.91 Å². The molecule has 26 heavy (non-hydrogen) atoms. The fraction of sp³-hybridized carbons (Fsp3) is 0.105. The van der Waals surface area contributed by atoms with Crippen LogP contribution in [0.4, 0.5) is 4.79 Å². The van der Waals surface area contributed by atoms with Gasteiger partial charge >= 0.3 is 6.09 Å². The van der Waals surface area contributed by atoms with Gasteiger partial charge in [0.2, 0.25) is 5.43 Å². The predicted molar refractivity (Wildman–Crippen MR) is 99.0 cm³/mol. The highest BCUT2D eigenvalue weighted by molar-refractivity contribution is 9.10. The molecule has 0 spiro atoms. The van der Waals surface area contributed by atoms with E-state index < -0.39 is 23.5 Å². The molecule has 1 atom stereocenters. The third kappa shape index (κ3) is 2.61. The number of amides is 2. The summed E-state index contributed by atoms with van der Waals surface area (Å²) >= 11 is 3.37. The van der Waals surface area contributed by atoms with Crippen molar-refractivity contribution in [3.8, 4) is 0 Å². The van der Waals surface area contributed by atoms with Crippen LogP contribution in [0.15, 0.2) is 64.0 Å². The monoisotopic (exact) mass is 412 g/mol. The molecule has 1 unspecified atom stereocenters. The van der Waals surface area contributed by atoms with Gasteiger partial charge in [0.15, 0.2) is 0 Å². The Morgan fingerprint density at radius 2 is 1.88 bits per heavy atom. The molecule has 2 amide bonds. The topological polar surface area (TPSA) is 79.5 Å². The molecule has 1 fully saturated rings. The highest BCUT2D eigenvalue weighted by Gasteiger charge is 2.40. The number of imide groups is 1. The number of ether oxygens (including phenoxy) is 1. The van der Waals surface area contributed by atoms with E-state index >= 15 is 0 Å².